The van der Waals surface area contributed by atoms with Gasteiger partial charge in [-0.3, -0.25) is 4.79 Å². The number of aromatic amines is 1. The lowest BCUT2D eigenvalue weighted by Crippen LogP contribution is -2.12. The van der Waals surface area contributed by atoms with Gasteiger partial charge in [0.25, 0.3) is 5.56 Å². The van der Waals surface area contributed by atoms with E-state index in [1.807, 2.05) is 19.1 Å². The quantitative estimate of drug-likeness (QED) is 0.601. The summed E-state index contributed by atoms with van der Waals surface area (Å²) in [6.45, 7) is 2.01. The second-order valence-electron chi connectivity index (χ2n) is 6.48. The van der Waals surface area contributed by atoms with Gasteiger partial charge in [-0.15, -0.1) is 11.6 Å². The molecule has 22 heavy (non-hydrogen) atoms. The summed E-state index contributed by atoms with van der Waals surface area (Å²) in [4.78, 5) is 14.9. The Hall–Kier alpha value is -1.28. The Morgan fingerprint density at radius 1 is 1.18 bits per heavy atom. The molecule has 3 rings (SSSR count). The van der Waals surface area contributed by atoms with E-state index < -0.39 is 0 Å². The van der Waals surface area contributed by atoms with Gasteiger partial charge in [0.2, 0.25) is 0 Å². The Balaban J connectivity index is 1.93. The van der Waals surface area contributed by atoms with Gasteiger partial charge in [-0.2, -0.15) is 0 Å². The molecular formula is C19H24ClNO. The number of pyridine rings is 1. The molecule has 1 N–H and O–H groups in total. The van der Waals surface area contributed by atoms with Gasteiger partial charge in [0, 0.05) is 11.1 Å². The van der Waals surface area contributed by atoms with Crippen molar-refractivity contribution in [2.24, 2.45) is 5.92 Å². The fourth-order valence-corrected chi connectivity index (χ4v) is 3.97. The van der Waals surface area contributed by atoms with E-state index in [0.717, 1.165) is 22.9 Å². The van der Waals surface area contributed by atoms with E-state index in [2.05, 4.69) is 17.1 Å². The summed E-state index contributed by atoms with van der Waals surface area (Å²) >= 11 is 6.79. The molecule has 118 valence electrons. The van der Waals surface area contributed by atoms with Crippen molar-refractivity contribution in [1.29, 1.82) is 0 Å². The highest BCUT2D eigenvalue weighted by Gasteiger charge is 2.22. The first-order valence-corrected chi connectivity index (χ1v) is 8.92. The molecule has 0 radical (unpaired) electrons. The maximum atomic E-state index is 11.9. The SMILES string of the molecule is CCc1cc2cc(C(Cl)C3CCCCCC3)ccc2[nH]c1=O. The van der Waals surface area contributed by atoms with Gasteiger partial charge in [0.1, 0.15) is 0 Å². The molecule has 1 aromatic carbocycles. The van der Waals surface area contributed by atoms with Crippen molar-refractivity contribution in [1.82, 2.24) is 4.98 Å². The van der Waals surface area contributed by atoms with Crippen molar-refractivity contribution in [2.75, 3.05) is 0 Å². The number of halogens is 1. The highest BCUT2D eigenvalue weighted by atomic mass is 35.5. The van der Waals surface area contributed by atoms with Crippen molar-refractivity contribution in [3.05, 3.63) is 45.7 Å². The summed E-state index contributed by atoms with van der Waals surface area (Å²) in [7, 11) is 0. The van der Waals surface area contributed by atoms with Crippen LogP contribution in [0.5, 0.6) is 0 Å². The Morgan fingerprint density at radius 3 is 2.59 bits per heavy atom. The van der Waals surface area contributed by atoms with Gasteiger partial charge < -0.3 is 4.98 Å². The molecule has 1 aliphatic carbocycles. The Bertz CT molecular complexity index is 698. The third-order valence-corrected chi connectivity index (χ3v) is 5.57. The van der Waals surface area contributed by atoms with Crippen LogP contribution in [-0.4, -0.2) is 4.98 Å². The number of aryl methyl sites for hydroxylation is 1. The lowest BCUT2D eigenvalue weighted by molar-refractivity contribution is 0.445. The van der Waals surface area contributed by atoms with Crippen molar-refractivity contribution < 1.29 is 0 Å². The van der Waals surface area contributed by atoms with Crippen LogP contribution in [0.4, 0.5) is 0 Å². The molecule has 0 bridgehead atoms. The zero-order valence-electron chi connectivity index (χ0n) is 13.2. The zero-order valence-corrected chi connectivity index (χ0v) is 14.0. The molecule has 1 aliphatic rings. The lowest BCUT2D eigenvalue weighted by atomic mass is 9.91. The predicted octanol–water partition coefficient (Wildman–Crippen LogP) is 5.34. The second kappa shape index (κ2) is 6.87. The molecule has 0 spiro atoms. The molecule has 1 saturated carbocycles. The van der Waals surface area contributed by atoms with Gasteiger partial charge in [0.05, 0.1) is 5.38 Å². The number of hydrogen-bond acceptors (Lipinski definition) is 1. The average Bonchev–Trinajstić information content (AvgIpc) is 2.82. The molecule has 2 nitrogen and oxygen atoms in total. The number of fused-ring (bicyclic) bond motifs is 1. The van der Waals surface area contributed by atoms with Crippen molar-refractivity contribution in [3.8, 4) is 0 Å². The Labute approximate surface area is 136 Å². The summed E-state index contributed by atoms with van der Waals surface area (Å²) in [6, 6.07) is 8.24. The van der Waals surface area contributed by atoms with E-state index in [0.29, 0.717) is 5.92 Å². The molecule has 1 fully saturated rings. The molecule has 1 heterocycles. The fraction of sp³-hybridized carbons (Fsp3) is 0.526. The van der Waals surface area contributed by atoms with Crippen LogP contribution in [-0.2, 0) is 6.42 Å². The van der Waals surface area contributed by atoms with Crippen LogP contribution in [0.2, 0.25) is 0 Å². The lowest BCUT2D eigenvalue weighted by Gasteiger charge is -2.21. The highest BCUT2D eigenvalue weighted by Crippen LogP contribution is 2.38. The summed E-state index contributed by atoms with van der Waals surface area (Å²) < 4.78 is 0. The van der Waals surface area contributed by atoms with E-state index in [1.165, 1.54) is 44.1 Å². The number of alkyl halides is 1. The minimum Gasteiger partial charge on any atom is -0.322 e. The van der Waals surface area contributed by atoms with Crippen LogP contribution < -0.4 is 5.56 Å². The average molecular weight is 318 g/mol. The summed E-state index contributed by atoms with van der Waals surface area (Å²) in [6.07, 6.45) is 8.51. The van der Waals surface area contributed by atoms with Gasteiger partial charge in [-0.1, -0.05) is 38.7 Å². The molecule has 1 aromatic heterocycles. The molecule has 0 saturated heterocycles. The third-order valence-electron chi connectivity index (χ3n) is 4.96. The molecular weight excluding hydrogens is 294 g/mol. The first-order chi connectivity index (χ1) is 10.7. The van der Waals surface area contributed by atoms with Crippen LogP contribution in [0, 0.1) is 5.92 Å². The van der Waals surface area contributed by atoms with Crippen molar-refractivity contribution in [2.45, 2.75) is 57.2 Å². The standard InChI is InChI=1S/C19H24ClNO/c1-2-13-11-16-12-15(9-10-17(16)21-19(13)22)18(20)14-7-5-3-4-6-8-14/h9-12,14,18H,2-8H2,1H3,(H,21,22). The van der Waals surface area contributed by atoms with Crippen LogP contribution in [0.15, 0.2) is 29.1 Å². The summed E-state index contributed by atoms with van der Waals surface area (Å²) in [5, 5.41) is 1.17. The molecule has 1 unspecified atom stereocenters. The first-order valence-electron chi connectivity index (χ1n) is 8.49. The molecule has 3 heteroatoms. The molecule has 2 aromatic rings. The fourth-order valence-electron chi connectivity index (χ4n) is 3.58. The third kappa shape index (κ3) is 3.22. The van der Waals surface area contributed by atoms with Gasteiger partial charge in [-0.25, -0.2) is 0 Å². The molecule has 1 atom stereocenters. The number of aromatic nitrogens is 1. The largest absolute Gasteiger partial charge is 0.322 e. The smallest absolute Gasteiger partial charge is 0.251 e. The van der Waals surface area contributed by atoms with E-state index in [1.54, 1.807) is 0 Å². The maximum absolute atomic E-state index is 11.9. The topological polar surface area (TPSA) is 32.9 Å². The van der Waals surface area contributed by atoms with E-state index >= 15 is 0 Å². The Kier molecular flexibility index (Phi) is 4.87. The summed E-state index contributed by atoms with van der Waals surface area (Å²) in [5.41, 5.74) is 2.95. The Morgan fingerprint density at radius 2 is 1.91 bits per heavy atom. The van der Waals surface area contributed by atoms with Crippen molar-refractivity contribution in [3.63, 3.8) is 0 Å². The van der Waals surface area contributed by atoms with E-state index in [4.69, 9.17) is 11.6 Å². The predicted molar refractivity (Wildman–Crippen MR) is 93.7 cm³/mol. The number of rotatable bonds is 3. The van der Waals surface area contributed by atoms with Crippen LogP contribution in [0.3, 0.4) is 0 Å². The second-order valence-corrected chi connectivity index (χ2v) is 6.95. The normalized spacial score (nSPS) is 18.3. The van der Waals surface area contributed by atoms with Gasteiger partial charge in [0.15, 0.2) is 0 Å². The van der Waals surface area contributed by atoms with Gasteiger partial charge in [-0.05, 0) is 54.3 Å². The first kappa shape index (κ1) is 15.6. The monoisotopic (exact) mass is 317 g/mol. The molecule has 0 amide bonds. The van der Waals surface area contributed by atoms with E-state index in [9.17, 15) is 4.79 Å². The zero-order chi connectivity index (χ0) is 15.5. The van der Waals surface area contributed by atoms with Crippen molar-refractivity contribution >= 4 is 22.5 Å². The van der Waals surface area contributed by atoms with Crippen LogP contribution >= 0.6 is 11.6 Å². The van der Waals surface area contributed by atoms with Gasteiger partial charge >= 0.3 is 0 Å². The number of hydrogen-bond donors (Lipinski definition) is 1. The number of H-pyrrole nitrogens is 1. The molecule has 0 aliphatic heterocycles. The number of nitrogens with one attached hydrogen (secondary N) is 1. The summed E-state index contributed by atoms with van der Waals surface area (Å²) in [5.74, 6) is 0.579. The van der Waals surface area contributed by atoms with Crippen LogP contribution in [0.25, 0.3) is 10.9 Å². The highest BCUT2D eigenvalue weighted by molar-refractivity contribution is 6.21. The van der Waals surface area contributed by atoms with Crippen LogP contribution in [0.1, 0.15) is 62.0 Å². The minimum atomic E-state index is 0.0222. The minimum absolute atomic E-state index is 0.0222. The number of benzene rings is 1. The maximum Gasteiger partial charge on any atom is 0.251 e. The van der Waals surface area contributed by atoms with E-state index in [-0.39, 0.29) is 10.9 Å².